The number of rotatable bonds is 4. The van der Waals surface area contributed by atoms with Crippen LogP contribution < -0.4 is 0 Å². The van der Waals surface area contributed by atoms with E-state index in [1.807, 2.05) is 0 Å². The predicted molar refractivity (Wildman–Crippen MR) is 85.3 cm³/mol. The second-order valence-electron chi connectivity index (χ2n) is 6.11. The van der Waals surface area contributed by atoms with Gasteiger partial charge < -0.3 is 14.9 Å². The topological polar surface area (TPSA) is 77.9 Å². The van der Waals surface area contributed by atoms with Crippen LogP contribution in [-0.2, 0) is 4.79 Å². The SMILES string of the molecule is CN(C)C(=O)c1ccc(C(=O)N2CCC(CC(=O)O)CC2)cc1. The first-order valence-corrected chi connectivity index (χ1v) is 7.71. The molecule has 0 saturated carbocycles. The van der Waals surface area contributed by atoms with Gasteiger partial charge in [-0.3, -0.25) is 14.4 Å². The second kappa shape index (κ2) is 7.26. The van der Waals surface area contributed by atoms with Gasteiger partial charge in [-0.15, -0.1) is 0 Å². The molecule has 2 amide bonds. The van der Waals surface area contributed by atoms with Crippen LogP contribution in [0.25, 0.3) is 0 Å². The van der Waals surface area contributed by atoms with E-state index in [1.54, 1.807) is 43.3 Å². The van der Waals surface area contributed by atoms with Crippen molar-refractivity contribution in [2.24, 2.45) is 5.92 Å². The van der Waals surface area contributed by atoms with Crippen molar-refractivity contribution in [1.82, 2.24) is 9.80 Å². The number of carboxylic acids is 1. The number of hydrogen-bond donors (Lipinski definition) is 1. The molecule has 0 atom stereocenters. The predicted octanol–water partition coefficient (Wildman–Crippen LogP) is 1.72. The largest absolute Gasteiger partial charge is 0.481 e. The first-order valence-electron chi connectivity index (χ1n) is 7.71. The Balaban J connectivity index is 1.96. The minimum absolute atomic E-state index is 0.0670. The van der Waals surface area contributed by atoms with E-state index in [0.29, 0.717) is 24.2 Å². The summed E-state index contributed by atoms with van der Waals surface area (Å²) in [6.45, 7) is 1.16. The molecule has 6 heteroatoms. The van der Waals surface area contributed by atoms with E-state index < -0.39 is 5.97 Å². The highest BCUT2D eigenvalue weighted by atomic mass is 16.4. The molecule has 2 rings (SSSR count). The Bertz CT molecular complexity index is 587. The molecular weight excluding hydrogens is 296 g/mol. The van der Waals surface area contributed by atoms with E-state index >= 15 is 0 Å². The third-order valence-electron chi connectivity index (χ3n) is 4.15. The summed E-state index contributed by atoms with van der Waals surface area (Å²) in [4.78, 5) is 38.3. The maximum atomic E-state index is 12.5. The zero-order valence-corrected chi connectivity index (χ0v) is 13.5. The number of piperidine rings is 1. The fourth-order valence-corrected chi connectivity index (χ4v) is 2.78. The summed E-state index contributed by atoms with van der Waals surface area (Å²) < 4.78 is 0. The van der Waals surface area contributed by atoms with Crippen molar-refractivity contribution in [2.45, 2.75) is 19.3 Å². The molecule has 0 aliphatic carbocycles. The van der Waals surface area contributed by atoms with Crippen molar-refractivity contribution in [3.8, 4) is 0 Å². The van der Waals surface area contributed by atoms with Crippen molar-refractivity contribution >= 4 is 17.8 Å². The van der Waals surface area contributed by atoms with Gasteiger partial charge in [0.05, 0.1) is 0 Å². The van der Waals surface area contributed by atoms with Crippen LogP contribution in [0.5, 0.6) is 0 Å². The minimum Gasteiger partial charge on any atom is -0.481 e. The number of carboxylic acid groups (broad SMARTS) is 1. The molecule has 0 unspecified atom stereocenters. The number of likely N-dealkylation sites (tertiary alicyclic amines) is 1. The van der Waals surface area contributed by atoms with Crippen molar-refractivity contribution in [1.29, 1.82) is 0 Å². The van der Waals surface area contributed by atoms with E-state index in [1.165, 1.54) is 4.90 Å². The molecule has 1 heterocycles. The van der Waals surface area contributed by atoms with Crippen molar-refractivity contribution in [3.63, 3.8) is 0 Å². The van der Waals surface area contributed by atoms with Gasteiger partial charge in [0.2, 0.25) is 0 Å². The van der Waals surface area contributed by atoms with Crippen molar-refractivity contribution in [3.05, 3.63) is 35.4 Å². The minimum atomic E-state index is -0.782. The van der Waals surface area contributed by atoms with E-state index in [9.17, 15) is 14.4 Å². The van der Waals surface area contributed by atoms with Gasteiger partial charge in [0.25, 0.3) is 11.8 Å². The second-order valence-corrected chi connectivity index (χ2v) is 6.11. The molecule has 1 aromatic rings. The number of benzene rings is 1. The maximum absolute atomic E-state index is 12.5. The summed E-state index contributed by atoms with van der Waals surface area (Å²) in [5.74, 6) is -0.798. The number of carbonyl (C=O) groups excluding carboxylic acids is 2. The molecule has 0 bridgehead atoms. The monoisotopic (exact) mass is 318 g/mol. The number of aliphatic carboxylic acids is 1. The first-order chi connectivity index (χ1) is 10.9. The summed E-state index contributed by atoms with van der Waals surface area (Å²) in [7, 11) is 3.37. The molecule has 0 aromatic heterocycles. The lowest BCUT2D eigenvalue weighted by Gasteiger charge is -2.31. The average molecular weight is 318 g/mol. The molecule has 0 radical (unpaired) electrons. The zero-order chi connectivity index (χ0) is 17.0. The summed E-state index contributed by atoms with van der Waals surface area (Å²) in [5, 5.41) is 8.82. The number of amides is 2. The molecule has 124 valence electrons. The Labute approximate surface area is 135 Å². The molecule has 1 aliphatic heterocycles. The number of hydrogen-bond acceptors (Lipinski definition) is 3. The Kier molecular flexibility index (Phi) is 5.36. The highest BCUT2D eigenvalue weighted by Gasteiger charge is 2.25. The summed E-state index contributed by atoms with van der Waals surface area (Å²) in [6, 6.07) is 6.66. The van der Waals surface area contributed by atoms with Gasteiger partial charge >= 0.3 is 5.97 Å². The Morgan fingerprint density at radius 3 is 2.09 bits per heavy atom. The average Bonchev–Trinajstić information content (AvgIpc) is 2.53. The first kappa shape index (κ1) is 17.0. The van der Waals surface area contributed by atoms with Crippen LogP contribution in [0.4, 0.5) is 0 Å². The molecule has 1 fully saturated rings. The maximum Gasteiger partial charge on any atom is 0.303 e. The van der Waals surface area contributed by atoms with E-state index in [-0.39, 0.29) is 24.2 Å². The molecule has 1 aliphatic rings. The standard InChI is InChI=1S/C17H22N2O4/c1-18(2)16(22)13-3-5-14(6-4-13)17(23)19-9-7-12(8-10-19)11-15(20)21/h3-6,12H,7-11H2,1-2H3,(H,20,21). The van der Waals surface area contributed by atoms with E-state index in [0.717, 1.165) is 12.8 Å². The highest BCUT2D eigenvalue weighted by molar-refractivity contribution is 5.97. The van der Waals surface area contributed by atoms with Crippen molar-refractivity contribution < 1.29 is 19.5 Å². The fourth-order valence-electron chi connectivity index (χ4n) is 2.78. The zero-order valence-electron chi connectivity index (χ0n) is 13.5. The Morgan fingerprint density at radius 2 is 1.61 bits per heavy atom. The third-order valence-corrected chi connectivity index (χ3v) is 4.15. The number of nitrogens with zero attached hydrogens (tertiary/aromatic N) is 2. The van der Waals surface area contributed by atoms with E-state index in [4.69, 9.17) is 5.11 Å². The Morgan fingerprint density at radius 1 is 1.09 bits per heavy atom. The summed E-state index contributed by atoms with van der Waals surface area (Å²) >= 11 is 0. The Hall–Kier alpha value is -2.37. The van der Waals surface area contributed by atoms with Gasteiger partial charge in [-0.05, 0) is 43.0 Å². The molecule has 1 aromatic carbocycles. The fraction of sp³-hybridized carbons (Fsp3) is 0.471. The number of carbonyl (C=O) groups is 3. The van der Waals surface area contributed by atoms with Crippen LogP contribution in [0.3, 0.4) is 0 Å². The van der Waals surface area contributed by atoms with Crippen LogP contribution in [0.1, 0.15) is 40.0 Å². The lowest BCUT2D eigenvalue weighted by atomic mass is 9.93. The molecule has 1 N–H and O–H groups in total. The van der Waals surface area contributed by atoms with Gasteiger partial charge in [-0.2, -0.15) is 0 Å². The van der Waals surface area contributed by atoms with Crippen LogP contribution in [0.2, 0.25) is 0 Å². The molecule has 23 heavy (non-hydrogen) atoms. The van der Waals surface area contributed by atoms with Crippen LogP contribution >= 0.6 is 0 Å². The van der Waals surface area contributed by atoms with Gasteiger partial charge in [-0.1, -0.05) is 0 Å². The molecule has 1 saturated heterocycles. The lowest BCUT2D eigenvalue weighted by Crippen LogP contribution is -2.38. The van der Waals surface area contributed by atoms with Gasteiger partial charge in [0.1, 0.15) is 0 Å². The van der Waals surface area contributed by atoms with Crippen molar-refractivity contribution in [2.75, 3.05) is 27.2 Å². The summed E-state index contributed by atoms with van der Waals surface area (Å²) in [6.07, 6.45) is 1.61. The van der Waals surface area contributed by atoms with Crippen LogP contribution in [0, 0.1) is 5.92 Å². The quantitative estimate of drug-likeness (QED) is 0.917. The summed E-state index contributed by atoms with van der Waals surface area (Å²) in [5.41, 5.74) is 1.10. The van der Waals surface area contributed by atoms with Crippen LogP contribution in [-0.4, -0.2) is 59.9 Å². The smallest absolute Gasteiger partial charge is 0.303 e. The van der Waals surface area contributed by atoms with E-state index in [2.05, 4.69) is 0 Å². The third kappa shape index (κ3) is 4.31. The van der Waals surface area contributed by atoms with Gasteiger partial charge in [0, 0.05) is 44.7 Å². The van der Waals surface area contributed by atoms with Gasteiger partial charge in [-0.25, -0.2) is 0 Å². The van der Waals surface area contributed by atoms with Crippen LogP contribution in [0.15, 0.2) is 24.3 Å². The molecule has 6 nitrogen and oxygen atoms in total. The highest BCUT2D eigenvalue weighted by Crippen LogP contribution is 2.22. The normalized spacial score (nSPS) is 15.3. The molecule has 0 spiro atoms. The molecular formula is C17H22N2O4. The lowest BCUT2D eigenvalue weighted by molar-refractivity contribution is -0.138. The van der Waals surface area contributed by atoms with Gasteiger partial charge in [0.15, 0.2) is 0 Å².